The number of nitrogens with zero attached hydrogens (tertiary/aromatic N) is 2. The standard InChI is InChI=1S/C71H46N2/c1-45-35-37-47(38-36-45)71-61-42-40-48(50-23-13-27-54-52(50)25-15-33-68(54)72-64-29-9-5-19-56(64)57-20-6-10-30-65(57)72)43-62(61)70(46-17-3-2-4-18-46)60-41-39-49(44-63(60)71)51-24-14-28-55-53(51)26-16-34-69(55)73-66-31-11-7-21-58(66)59-22-8-12-32-67(59)73/h2-44H,1H3. The molecule has 0 atom stereocenters. The smallest absolute Gasteiger partial charge is 0.0541 e. The van der Waals surface area contributed by atoms with E-state index in [1.807, 2.05) is 0 Å². The minimum atomic E-state index is 1.18. The number of rotatable bonds is 6. The molecular weight excluding hydrogens is 881 g/mol. The van der Waals surface area contributed by atoms with Gasteiger partial charge in [0.15, 0.2) is 0 Å². The molecule has 15 rings (SSSR count). The summed E-state index contributed by atoms with van der Waals surface area (Å²) in [5, 5.41) is 14.9. The van der Waals surface area contributed by atoms with Gasteiger partial charge in [0, 0.05) is 32.3 Å². The molecule has 0 fully saturated rings. The van der Waals surface area contributed by atoms with Gasteiger partial charge in [0.1, 0.15) is 0 Å². The largest absolute Gasteiger partial charge is 0.309 e. The summed E-state index contributed by atoms with van der Waals surface area (Å²) in [5.41, 5.74) is 18.1. The van der Waals surface area contributed by atoms with Gasteiger partial charge >= 0.3 is 0 Å². The number of hydrogen-bond acceptors (Lipinski definition) is 0. The molecule has 0 aliphatic carbocycles. The summed E-state index contributed by atoms with van der Waals surface area (Å²) in [7, 11) is 0. The van der Waals surface area contributed by atoms with Gasteiger partial charge in [0.2, 0.25) is 0 Å². The first kappa shape index (κ1) is 41.3. The van der Waals surface area contributed by atoms with Crippen molar-refractivity contribution >= 4 is 86.7 Å². The third-order valence-electron chi connectivity index (χ3n) is 15.6. The number of hydrogen-bond donors (Lipinski definition) is 0. The van der Waals surface area contributed by atoms with Gasteiger partial charge < -0.3 is 9.13 Å². The topological polar surface area (TPSA) is 9.86 Å². The molecule has 340 valence electrons. The quantitative estimate of drug-likeness (QED) is 0.147. The van der Waals surface area contributed by atoms with Gasteiger partial charge in [-0.05, 0) is 132 Å². The highest BCUT2D eigenvalue weighted by Gasteiger charge is 2.22. The van der Waals surface area contributed by atoms with Crippen LogP contribution in [0.25, 0.3) is 143 Å². The summed E-state index contributed by atoms with van der Waals surface area (Å²) in [6, 6.07) is 96.9. The van der Waals surface area contributed by atoms with Gasteiger partial charge in [-0.25, -0.2) is 0 Å². The molecule has 0 unspecified atom stereocenters. The maximum atomic E-state index is 2.47. The molecule has 0 spiro atoms. The second-order valence-electron chi connectivity index (χ2n) is 19.6. The molecule has 0 saturated carbocycles. The van der Waals surface area contributed by atoms with Crippen molar-refractivity contribution in [3.63, 3.8) is 0 Å². The number of aromatic nitrogens is 2. The second kappa shape index (κ2) is 16.3. The van der Waals surface area contributed by atoms with Crippen LogP contribution in [-0.2, 0) is 0 Å². The van der Waals surface area contributed by atoms with Gasteiger partial charge in [-0.15, -0.1) is 0 Å². The Labute approximate surface area is 422 Å². The maximum absolute atomic E-state index is 2.47. The van der Waals surface area contributed by atoms with E-state index in [2.05, 4.69) is 277 Å². The van der Waals surface area contributed by atoms with Gasteiger partial charge in [-0.2, -0.15) is 0 Å². The van der Waals surface area contributed by atoms with Crippen molar-refractivity contribution in [1.29, 1.82) is 0 Å². The van der Waals surface area contributed by atoms with Gasteiger partial charge in [-0.3, -0.25) is 0 Å². The zero-order valence-corrected chi connectivity index (χ0v) is 40.2. The molecule has 0 saturated heterocycles. The maximum Gasteiger partial charge on any atom is 0.0541 e. The molecular formula is C71H46N2. The molecule has 15 aromatic rings. The molecule has 2 heteroatoms. The number of para-hydroxylation sites is 4. The van der Waals surface area contributed by atoms with E-state index in [1.54, 1.807) is 0 Å². The monoisotopic (exact) mass is 926 g/mol. The lowest BCUT2D eigenvalue weighted by Gasteiger charge is -2.20. The molecule has 2 aromatic heterocycles. The highest BCUT2D eigenvalue weighted by atomic mass is 15.0. The predicted octanol–water partition coefficient (Wildman–Crippen LogP) is 19.5. The Balaban J connectivity index is 0.966. The van der Waals surface area contributed by atoms with Crippen LogP contribution >= 0.6 is 0 Å². The average Bonchev–Trinajstić information content (AvgIpc) is 3.97. The van der Waals surface area contributed by atoms with Crippen molar-refractivity contribution in [3.8, 4) is 55.9 Å². The first-order valence-electron chi connectivity index (χ1n) is 25.3. The van der Waals surface area contributed by atoms with Crippen LogP contribution in [0.15, 0.2) is 261 Å². The Morgan fingerprint density at radius 2 is 0.562 bits per heavy atom. The van der Waals surface area contributed by atoms with Crippen molar-refractivity contribution in [2.24, 2.45) is 0 Å². The number of fused-ring (bicyclic) bond motifs is 10. The SMILES string of the molecule is Cc1ccc(-c2c3ccc(-c4cccc5c(-n6c7ccccc7c7ccccc76)cccc45)cc3c(-c3ccccc3)c3ccc(-c4cccc5c(-n6c7ccccc7c7ccccc76)cccc45)cc23)cc1. The van der Waals surface area contributed by atoms with E-state index in [9.17, 15) is 0 Å². The van der Waals surface area contributed by atoms with Crippen LogP contribution in [0.2, 0.25) is 0 Å². The lowest BCUT2D eigenvalue weighted by Crippen LogP contribution is -1.96. The minimum absolute atomic E-state index is 1.18. The van der Waals surface area contributed by atoms with E-state index in [4.69, 9.17) is 0 Å². The fraction of sp³-hybridized carbons (Fsp3) is 0.0141. The van der Waals surface area contributed by atoms with Gasteiger partial charge in [0.25, 0.3) is 0 Å². The van der Waals surface area contributed by atoms with Gasteiger partial charge in [-0.1, -0.05) is 218 Å². The van der Waals surface area contributed by atoms with Crippen LogP contribution in [0.5, 0.6) is 0 Å². The number of benzene rings is 13. The molecule has 73 heavy (non-hydrogen) atoms. The van der Waals surface area contributed by atoms with Crippen LogP contribution in [0.1, 0.15) is 5.56 Å². The molecule has 0 radical (unpaired) electrons. The third kappa shape index (κ3) is 6.30. The molecule has 0 aliphatic rings. The highest BCUT2D eigenvalue weighted by molar-refractivity contribution is 6.23. The zero-order chi connectivity index (χ0) is 48.1. The fourth-order valence-electron chi connectivity index (χ4n) is 12.4. The lowest BCUT2D eigenvalue weighted by atomic mass is 9.83. The highest BCUT2D eigenvalue weighted by Crippen LogP contribution is 2.48. The first-order valence-corrected chi connectivity index (χ1v) is 25.3. The molecule has 0 amide bonds. The molecule has 2 heterocycles. The van der Waals surface area contributed by atoms with Crippen LogP contribution in [0, 0.1) is 6.92 Å². The van der Waals surface area contributed by atoms with Crippen LogP contribution in [0.4, 0.5) is 0 Å². The Kier molecular flexibility index (Phi) is 9.21. The van der Waals surface area contributed by atoms with Crippen LogP contribution in [0.3, 0.4) is 0 Å². The molecule has 0 aliphatic heterocycles. The van der Waals surface area contributed by atoms with Crippen molar-refractivity contribution in [2.75, 3.05) is 0 Å². The molecule has 0 bridgehead atoms. The summed E-state index contributed by atoms with van der Waals surface area (Å²) in [4.78, 5) is 0. The Morgan fingerprint density at radius 1 is 0.219 bits per heavy atom. The summed E-state index contributed by atoms with van der Waals surface area (Å²) >= 11 is 0. The van der Waals surface area contributed by atoms with Crippen molar-refractivity contribution < 1.29 is 0 Å². The fourth-order valence-corrected chi connectivity index (χ4v) is 12.4. The molecule has 13 aromatic carbocycles. The lowest BCUT2D eigenvalue weighted by molar-refractivity contribution is 1.20. The van der Waals surface area contributed by atoms with Crippen molar-refractivity contribution in [3.05, 3.63) is 266 Å². The van der Waals surface area contributed by atoms with Gasteiger partial charge in [0.05, 0.1) is 33.4 Å². The average molecular weight is 927 g/mol. The van der Waals surface area contributed by atoms with Crippen molar-refractivity contribution in [1.82, 2.24) is 9.13 Å². The van der Waals surface area contributed by atoms with Crippen LogP contribution < -0.4 is 0 Å². The summed E-state index contributed by atoms with van der Waals surface area (Å²) in [6.45, 7) is 2.17. The van der Waals surface area contributed by atoms with Crippen molar-refractivity contribution in [2.45, 2.75) is 6.92 Å². The van der Waals surface area contributed by atoms with Crippen LogP contribution in [-0.4, -0.2) is 9.13 Å². The summed E-state index contributed by atoms with van der Waals surface area (Å²) in [5.74, 6) is 0. The first-order chi connectivity index (χ1) is 36.2. The third-order valence-corrected chi connectivity index (χ3v) is 15.6. The Bertz CT molecular complexity index is 4620. The normalized spacial score (nSPS) is 11.9. The second-order valence-corrected chi connectivity index (χ2v) is 19.6. The van der Waals surface area contributed by atoms with E-state index in [0.29, 0.717) is 0 Å². The Hall–Kier alpha value is -9.50. The molecule has 2 nitrogen and oxygen atoms in total. The van der Waals surface area contributed by atoms with E-state index >= 15 is 0 Å². The molecule has 0 N–H and O–H groups in total. The predicted molar refractivity (Wildman–Crippen MR) is 312 cm³/mol. The Morgan fingerprint density at radius 3 is 1.00 bits per heavy atom. The van der Waals surface area contributed by atoms with E-state index in [1.165, 1.54) is 148 Å². The minimum Gasteiger partial charge on any atom is -0.309 e. The summed E-state index contributed by atoms with van der Waals surface area (Å²) < 4.78 is 4.89. The van der Waals surface area contributed by atoms with E-state index < -0.39 is 0 Å². The zero-order valence-electron chi connectivity index (χ0n) is 40.2. The summed E-state index contributed by atoms with van der Waals surface area (Å²) in [6.07, 6.45) is 0. The number of aryl methyl sites for hydroxylation is 1. The van der Waals surface area contributed by atoms with E-state index in [-0.39, 0.29) is 0 Å². The van der Waals surface area contributed by atoms with E-state index in [0.717, 1.165) is 0 Å².